The molecule has 0 radical (unpaired) electrons. The molecule has 2 rings (SSSR count). The number of hydrogen-bond acceptors (Lipinski definition) is 6. The van der Waals surface area contributed by atoms with Gasteiger partial charge in [0, 0.05) is 25.7 Å². The Balaban J connectivity index is 2.25. The van der Waals surface area contributed by atoms with Gasteiger partial charge in [0.1, 0.15) is 5.75 Å². The lowest BCUT2D eigenvalue weighted by Crippen LogP contribution is -2.40. The second-order valence-corrected chi connectivity index (χ2v) is 7.84. The fraction of sp³-hybridized carbons (Fsp3) is 0.562. The molecule has 1 unspecified atom stereocenters. The molecule has 1 aromatic rings. The molecule has 0 spiro atoms. The summed E-state index contributed by atoms with van der Waals surface area (Å²) in [6.45, 7) is 3.57. The average molecular weight is 371 g/mol. The fourth-order valence-corrected chi connectivity index (χ4v) is 3.90. The van der Waals surface area contributed by atoms with Gasteiger partial charge in [-0.2, -0.15) is 4.31 Å². The molecule has 1 aromatic carbocycles. The highest BCUT2D eigenvalue weighted by Gasteiger charge is 2.28. The van der Waals surface area contributed by atoms with E-state index in [0.29, 0.717) is 45.0 Å². The van der Waals surface area contributed by atoms with Crippen molar-refractivity contribution in [3.63, 3.8) is 0 Å². The van der Waals surface area contributed by atoms with Crippen LogP contribution in [0.25, 0.3) is 0 Å². The average Bonchev–Trinajstić information content (AvgIpc) is 2.61. The Morgan fingerprint density at radius 1 is 1.40 bits per heavy atom. The van der Waals surface area contributed by atoms with Crippen molar-refractivity contribution in [1.29, 1.82) is 0 Å². The third-order valence-corrected chi connectivity index (χ3v) is 5.80. The summed E-state index contributed by atoms with van der Waals surface area (Å²) in [6, 6.07) is 4.26. The Morgan fingerprint density at radius 2 is 2.08 bits per heavy atom. The maximum Gasteiger partial charge on any atom is 0.255 e. The van der Waals surface area contributed by atoms with Crippen molar-refractivity contribution in [3.8, 4) is 5.75 Å². The molecule has 25 heavy (non-hydrogen) atoms. The molecule has 1 amide bonds. The Hall–Kier alpha value is -1.68. The molecule has 0 aromatic heterocycles. The van der Waals surface area contributed by atoms with Gasteiger partial charge in [0.2, 0.25) is 10.0 Å². The third kappa shape index (κ3) is 4.91. The van der Waals surface area contributed by atoms with Crippen molar-refractivity contribution >= 4 is 15.9 Å². The second kappa shape index (κ2) is 8.61. The van der Waals surface area contributed by atoms with Crippen molar-refractivity contribution in [3.05, 3.63) is 23.8 Å². The van der Waals surface area contributed by atoms with Crippen molar-refractivity contribution in [1.82, 2.24) is 9.62 Å². The van der Waals surface area contributed by atoms with Crippen LogP contribution >= 0.6 is 0 Å². The minimum Gasteiger partial charge on any atom is -0.496 e. The van der Waals surface area contributed by atoms with Gasteiger partial charge in [-0.25, -0.2) is 8.42 Å². The van der Waals surface area contributed by atoms with E-state index in [1.165, 1.54) is 29.6 Å². The van der Waals surface area contributed by atoms with Crippen LogP contribution in [-0.4, -0.2) is 64.6 Å². The number of hydrogen-bond donors (Lipinski definition) is 2. The molecule has 1 aliphatic heterocycles. The first-order valence-electron chi connectivity index (χ1n) is 8.16. The molecule has 1 atom stereocenters. The first kappa shape index (κ1) is 19.6. The number of carbonyl (C=O) groups excluding carboxylic acids is 1. The quantitative estimate of drug-likeness (QED) is 0.707. The molecule has 1 aliphatic rings. The highest BCUT2D eigenvalue weighted by atomic mass is 32.2. The molecule has 1 saturated heterocycles. The van der Waals surface area contributed by atoms with Crippen LogP contribution in [0.5, 0.6) is 5.75 Å². The van der Waals surface area contributed by atoms with Crippen molar-refractivity contribution < 1.29 is 22.7 Å². The number of nitrogens with zero attached hydrogens (tertiary/aromatic N) is 1. The van der Waals surface area contributed by atoms with Crippen LogP contribution in [0.4, 0.5) is 0 Å². The summed E-state index contributed by atoms with van der Waals surface area (Å²) >= 11 is 0. The van der Waals surface area contributed by atoms with Crippen LogP contribution < -0.4 is 15.8 Å². The van der Waals surface area contributed by atoms with Crippen LogP contribution in [0.1, 0.15) is 23.7 Å². The zero-order valence-corrected chi connectivity index (χ0v) is 15.3. The molecule has 8 nitrogen and oxygen atoms in total. The van der Waals surface area contributed by atoms with Crippen LogP contribution in [-0.2, 0) is 14.8 Å². The van der Waals surface area contributed by atoms with E-state index < -0.39 is 15.9 Å². The molecule has 0 saturated carbocycles. The lowest BCUT2D eigenvalue weighted by molar-refractivity contribution is 0.0730. The molecule has 3 N–H and O–H groups in total. The molecular weight excluding hydrogens is 346 g/mol. The number of amides is 1. The molecule has 0 bridgehead atoms. The molecule has 0 aliphatic carbocycles. The zero-order valence-electron chi connectivity index (χ0n) is 14.5. The molecule has 1 heterocycles. The topological polar surface area (TPSA) is 111 Å². The predicted molar refractivity (Wildman–Crippen MR) is 93.2 cm³/mol. The van der Waals surface area contributed by atoms with E-state index in [1.54, 1.807) is 0 Å². The summed E-state index contributed by atoms with van der Waals surface area (Å²) in [6.07, 6.45) is 0.625. The summed E-state index contributed by atoms with van der Waals surface area (Å²) in [5, 5.41) is 2.74. The van der Waals surface area contributed by atoms with Gasteiger partial charge in [-0.3, -0.25) is 4.79 Å². The van der Waals surface area contributed by atoms with E-state index in [-0.39, 0.29) is 16.5 Å². The summed E-state index contributed by atoms with van der Waals surface area (Å²) < 4.78 is 37.2. The van der Waals surface area contributed by atoms with Gasteiger partial charge < -0.3 is 20.5 Å². The normalized spacial score (nSPS) is 17.1. The van der Waals surface area contributed by atoms with E-state index >= 15 is 0 Å². The molecular formula is C16H25N3O5S. The van der Waals surface area contributed by atoms with Crippen molar-refractivity contribution in [2.24, 2.45) is 5.73 Å². The van der Waals surface area contributed by atoms with Crippen LogP contribution in [0, 0.1) is 0 Å². The predicted octanol–water partition coefficient (Wildman–Crippen LogP) is 0.183. The Bertz CT molecular complexity index is 700. The molecule has 1 fully saturated rings. The fourth-order valence-electron chi connectivity index (χ4n) is 2.47. The van der Waals surface area contributed by atoms with E-state index in [1.807, 2.05) is 6.92 Å². The summed E-state index contributed by atoms with van der Waals surface area (Å²) in [4.78, 5) is 12.5. The number of methoxy groups -OCH3 is 1. The number of ether oxygens (including phenoxy) is 2. The van der Waals surface area contributed by atoms with Gasteiger partial charge in [0.25, 0.3) is 5.91 Å². The molecule has 140 valence electrons. The van der Waals surface area contributed by atoms with E-state index in [9.17, 15) is 13.2 Å². The Kier molecular flexibility index (Phi) is 6.77. The number of nitrogens with one attached hydrogen (secondary N) is 1. The van der Waals surface area contributed by atoms with Crippen LogP contribution in [0.15, 0.2) is 23.1 Å². The van der Waals surface area contributed by atoms with Gasteiger partial charge >= 0.3 is 0 Å². The smallest absolute Gasteiger partial charge is 0.255 e. The first-order valence-corrected chi connectivity index (χ1v) is 9.60. The lowest BCUT2D eigenvalue weighted by Gasteiger charge is -2.26. The SMILES string of the molecule is COc1ccc(S(=O)(=O)N2CCOCC2)cc1C(=O)NCCC(C)N. The van der Waals surface area contributed by atoms with Crippen LogP contribution in [0.3, 0.4) is 0 Å². The van der Waals surface area contributed by atoms with E-state index in [0.717, 1.165) is 0 Å². The van der Waals surface area contributed by atoms with Crippen molar-refractivity contribution in [2.75, 3.05) is 40.0 Å². The highest BCUT2D eigenvalue weighted by Crippen LogP contribution is 2.25. The highest BCUT2D eigenvalue weighted by molar-refractivity contribution is 7.89. The number of sulfonamides is 1. The standard InChI is InChI=1S/C16H25N3O5S/c1-12(17)5-6-18-16(20)14-11-13(3-4-15(14)23-2)25(21,22)19-7-9-24-10-8-19/h3-4,11-12H,5-10,17H2,1-2H3,(H,18,20). The zero-order chi connectivity index (χ0) is 18.4. The van der Waals surface area contributed by atoms with E-state index in [2.05, 4.69) is 5.32 Å². The summed E-state index contributed by atoms with van der Waals surface area (Å²) in [7, 11) is -2.24. The lowest BCUT2D eigenvalue weighted by atomic mass is 10.2. The number of rotatable bonds is 7. The van der Waals surface area contributed by atoms with Gasteiger partial charge in [0.05, 0.1) is 30.8 Å². The minimum absolute atomic E-state index is 0.0322. The summed E-state index contributed by atoms with van der Waals surface area (Å²) in [5.41, 5.74) is 5.85. The number of nitrogens with two attached hydrogens (primary N) is 1. The Morgan fingerprint density at radius 3 is 2.68 bits per heavy atom. The van der Waals surface area contributed by atoms with E-state index in [4.69, 9.17) is 15.2 Å². The van der Waals surface area contributed by atoms with Crippen LogP contribution in [0.2, 0.25) is 0 Å². The van der Waals surface area contributed by atoms with Crippen molar-refractivity contribution in [2.45, 2.75) is 24.3 Å². The van der Waals surface area contributed by atoms with Gasteiger partial charge in [-0.15, -0.1) is 0 Å². The largest absolute Gasteiger partial charge is 0.496 e. The Labute approximate surface area is 148 Å². The van der Waals surface area contributed by atoms with Gasteiger partial charge in [-0.1, -0.05) is 0 Å². The monoisotopic (exact) mass is 371 g/mol. The number of morpholine rings is 1. The maximum absolute atomic E-state index is 12.7. The third-order valence-electron chi connectivity index (χ3n) is 3.91. The van der Waals surface area contributed by atoms with Gasteiger partial charge in [-0.05, 0) is 31.5 Å². The second-order valence-electron chi connectivity index (χ2n) is 5.90. The minimum atomic E-state index is -3.68. The molecule has 9 heteroatoms. The first-order chi connectivity index (χ1) is 11.9. The van der Waals surface area contributed by atoms with Gasteiger partial charge in [0.15, 0.2) is 0 Å². The summed E-state index contributed by atoms with van der Waals surface area (Å²) in [5.74, 6) is -0.0734. The maximum atomic E-state index is 12.7. The number of benzene rings is 1. The number of carbonyl (C=O) groups is 1.